The van der Waals surface area contributed by atoms with Crippen molar-refractivity contribution in [2.24, 2.45) is 5.41 Å². The van der Waals surface area contributed by atoms with Gasteiger partial charge in [-0.1, -0.05) is 38.5 Å². The van der Waals surface area contributed by atoms with Gasteiger partial charge in [-0.3, -0.25) is 0 Å². The summed E-state index contributed by atoms with van der Waals surface area (Å²) in [7, 11) is 2.06. The van der Waals surface area contributed by atoms with Crippen LogP contribution in [-0.2, 0) is 0 Å². The fourth-order valence-electron chi connectivity index (χ4n) is 2.65. The quantitative estimate of drug-likeness (QED) is 0.725. The molecule has 1 unspecified atom stereocenters. The second kappa shape index (κ2) is 4.31. The van der Waals surface area contributed by atoms with Gasteiger partial charge in [0.15, 0.2) is 0 Å². The van der Waals surface area contributed by atoms with Crippen LogP contribution in [0.4, 0.5) is 0 Å². The molecule has 0 radical (unpaired) electrons. The minimum Gasteiger partial charge on any atom is -0.313 e. The molecule has 0 aromatic heterocycles. The van der Waals surface area contributed by atoms with E-state index in [1.807, 2.05) is 0 Å². The first-order valence-corrected chi connectivity index (χ1v) is 5.58. The standard InChI is InChI=1S/C13H23N/c1-6-8-11-10(7-2)9-13(3,4)12(11)14-5/h6,8,12,14H,7,9H2,1-5H3/b8-6-. The first-order valence-electron chi connectivity index (χ1n) is 5.58. The maximum absolute atomic E-state index is 3.44. The van der Waals surface area contributed by atoms with E-state index in [0.29, 0.717) is 11.5 Å². The van der Waals surface area contributed by atoms with Crippen molar-refractivity contribution in [3.05, 3.63) is 23.3 Å². The number of allylic oxidation sites excluding steroid dienone is 2. The highest BCUT2D eigenvalue weighted by Gasteiger charge is 2.37. The molecule has 0 aliphatic heterocycles. The van der Waals surface area contributed by atoms with Gasteiger partial charge in [-0.25, -0.2) is 0 Å². The Bertz CT molecular complexity index is 258. The molecule has 1 nitrogen and oxygen atoms in total. The fourth-order valence-corrected chi connectivity index (χ4v) is 2.65. The lowest BCUT2D eigenvalue weighted by Gasteiger charge is -2.28. The molecule has 0 saturated heterocycles. The lowest BCUT2D eigenvalue weighted by atomic mass is 9.84. The van der Waals surface area contributed by atoms with Crippen molar-refractivity contribution in [3.8, 4) is 0 Å². The molecule has 0 fully saturated rings. The van der Waals surface area contributed by atoms with Crippen molar-refractivity contribution in [3.63, 3.8) is 0 Å². The zero-order chi connectivity index (χ0) is 10.8. The topological polar surface area (TPSA) is 12.0 Å². The van der Waals surface area contributed by atoms with Crippen LogP contribution in [0, 0.1) is 5.41 Å². The minimum atomic E-state index is 0.370. The summed E-state index contributed by atoms with van der Waals surface area (Å²) in [5.74, 6) is 0. The summed E-state index contributed by atoms with van der Waals surface area (Å²) in [4.78, 5) is 0. The van der Waals surface area contributed by atoms with Crippen LogP contribution in [0.25, 0.3) is 0 Å². The van der Waals surface area contributed by atoms with Gasteiger partial charge in [0.05, 0.1) is 0 Å². The first kappa shape index (κ1) is 11.5. The number of rotatable bonds is 3. The summed E-state index contributed by atoms with van der Waals surface area (Å²) in [5.41, 5.74) is 3.50. The van der Waals surface area contributed by atoms with Crippen LogP contribution in [0.1, 0.15) is 40.5 Å². The average Bonchev–Trinajstić information content (AvgIpc) is 2.37. The molecule has 1 rings (SSSR count). The van der Waals surface area contributed by atoms with Gasteiger partial charge in [0.2, 0.25) is 0 Å². The van der Waals surface area contributed by atoms with Crippen LogP contribution >= 0.6 is 0 Å². The van der Waals surface area contributed by atoms with Crippen LogP contribution < -0.4 is 5.32 Å². The molecule has 80 valence electrons. The molecule has 0 heterocycles. The smallest absolute Gasteiger partial charge is 0.0371 e. The fraction of sp³-hybridized carbons (Fsp3) is 0.692. The SMILES string of the molecule is C/C=C\C1=C(CC)CC(C)(C)C1NC. The highest BCUT2D eigenvalue weighted by Crippen LogP contribution is 2.43. The molecule has 1 heteroatoms. The van der Waals surface area contributed by atoms with Crippen molar-refractivity contribution < 1.29 is 0 Å². The lowest BCUT2D eigenvalue weighted by Crippen LogP contribution is -2.37. The molecule has 14 heavy (non-hydrogen) atoms. The van der Waals surface area contributed by atoms with E-state index in [4.69, 9.17) is 0 Å². The van der Waals surface area contributed by atoms with E-state index in [0.717, 1.165) is 0 Å². The summed E-state index contributed by atoms with van der Waals surface area (Å²) in [6, 6.07) is 0.522. The van der Waals surface area contributed by atoms with Crippen LogP contribution in [0.5, 0.6) is 0 Å². The predicted molar refractivity (Wildman–Crippen MR) is 63.4 cm³/mol. The summed E-state index contributed by atoms with van der Waals surface area (Å²) in [6.07, 6.45) is 6.83. The van der Waals surface area contributed by atoms with Crippen molar-refractivity contribution in [1.29, 1.82) is 0 Å². The molecule has 1 N–H and O–H groups in total. The van der Waals surface area contributed by atoms with E-state index < -0.39 is 0 Å². The maximum atomic E-state index is 3.44. The van der Waals surface area contributed by atoms with Gasteiger partial charge in [0.1, 0.15) is 0 Å². The second-order valence-corrected chi connectivity index (χ2v) is 4.80. The monoisotopic (exact) mass is 193 g/mol. The van der Waals surface area contributed by atoms with Crippen LogP contribution in [0.2, 0.25) is 0 Å². The van der Waals surface area contributed by atoms with Crippen molar-refractivity contribution in [2.75, 3.05) is 7.05 Å². The Balaban J connectivity index is 3.03. The van der Waals surface area contributed by atoms with Crippen molar-refractivity contribution in [1.82, 2.24) is 5.32 Å². The van der Waals surface area contributed by atoms with Gasteiger partial charge in [-0.15, -0.1) is 0 Å². The molecule has 0 bridgehead atoms. The van der Waals surface area contributed by atoms with E-state index in [1.165, 1.54) is 18.4 Å². The highest BCUT2D eigenvalue weighted by atomic mass is 14.9. The molecule has 1 atom stereocenters. The van der Waals surface area contributed by atoms with E-state index in [-0.39, 0.29) is 0 Å². The van der Waals surface area contributed by atoms with E-state index in [9.17, 15) is 0 Å². The van der Waals surface area contributed by atoms with E-state index in [2.05, 4.69) is 52.2 Å². The number of likely N-dealkylation sites (N-methyl/N-ethyl adjacent to an activating group) is 1. The molecule has 0 aromatic rings. The van der Waals surface area contributed by atoms with E-state index >= 15 is 0 Å². The molecular formula is C13H23N. The van der Waals surface area contributed by atoms with Crippen LogP contribution in [-0.4, -0.2) is 13.1 Å². The number of hydrogen-bond donors (Lipinski definition) is 1. The third-order valence-electron chi connectivity index (χ3n) is 3.23. The van der Waals surface area contributed by atoms with Gasteiger partial charge in [-0.05, 0) is 37.8 Å². The molecule has 0 amide bonds. The van der Waals surface area contributed by atoms with Crippen LogP contribution in [0.15, 0.2) is 23.3 Å². The van der Waals surface area contributed by atoms with Gasteiger partial charge in [0, 0.05) is 6.04 Å². The zero-order valence-electron chi connectivity index (χ0n) is 10.1. The first-order chi connectivity index (χ1) is 6.56. The van der Waals surface area contributed by atoms with Crippen LogP contribution in [0.3, 0.4) is 0 Å². The van der Waals surface area contributed by atoms with Gasteiger partial charge in [-0.2, -0.15) is 0 Å². The summed E-state index contributed by atoms with van der Waals surface area (Å²) in [5, 5.41) is 3.44. The highest BCUT2D eigenvalue weighted by molar-refractivity contribution is 5.38. The minimum absolute atomic E-state index is 0.370. The third-order valence-corrected chi connectivity index (χ3v) is 3.23. The summed E-state index contributed by atoms with van der Waals surface area (Å²) < 4.78 is 0. The molecule has 0 aromatic carbocycles. The van der Waals surface area contributed by atoms with Gasteiger partial charge in [0.25, 0.3) is 0 Å². The van der Waals surface area contributed by atoms with Crippen molar-refractivity contribution in [2.45, 2.75) is 46.6 Å². The Labute approximate surface area is 88.3 Å². The number of hydrogen-bond acceptors (Lipinski definition) is 1. The lowest BCUT2D eigenvalue weighted by molar-refractivity contribution is 0.309. The zero-order valence-corrected chi connectivity index (χ0v) is 10.1. The number of nitrogens with one attached hydrogen (secondary N) is 1. The molecular weight excluding hydrogens is 170 g/mol. The normalized spacial score (nSPS) is 26.5. The third kappa shape index (κ3) is 1.93. The Morgan fingerprint density at radius 2 is 2.14 bits per heavy atom. The maximum Gasteiger partial charge on any atom is 0.0371 e. The molecule has 1 aliphatic carbocycles. The van der Waals surface area contributed by atoms with Gasteiger partial charge >= 0.3 is 0 Å². The van der Waals surface area contributed by atoms with Crippen molar-refractivity contribution >= 4 is 0 Å². The van der Waals surface area contributed by atoms with Gasteiger partial charge < -0.3 is 5.32 Å². The summed E-state index contributed by atoms with van der Waals surface area (Å²) >= 11 is 0. The molecule has 0 saturated carbocycles. The predicted octanol–water partition coefficient (Wildman–Crippen LogP) is 3.29. The summed E-state index contributed by atoms with van der Waals surface area (Å²) in [6.45, 7) is 9.05. The molecule has 0 spiro atoms. The van der Waals surface area contributed by atoms with E-state index in [1.54, 1.807) is 5.57 Å². The Morgan fingerprint density at radius 1 is 1.50 bits per heavy atom. The Kier molecular flexibility index (Phi) is 3.54. The Hall–Kier alpha value is -0.560. The average molecular weight is 193 g/mol. The second-order valence-electron chi connectivity index (χ2n) is 4.80. The molecule has 1 aliphatic rings. The Morgan fingerprint density at radius 3 is 2.57 bits per heavy atom. The largest absolute Gasteiger partial charge is 0.313 e.